The fourth-order valence-corrected chi connectivity index (χ4v) is 4.11. The Hall–Kier alpha value is -0.790. The number of anilines is 1. The van der Waals surface area contributed by atoms with Crippen molar-refractivity contribution in [2.75, 3.05) is 11.5 Å². The lowest BCUT2D eigenvalue weighted by molar-refractivity contribution is 0.387. The van der Waals surface area contributed by atoms with Crippen molar-refractivity contribution >= 4 is 41.1 Å². The van der Waals surface area contributed by atoms with Gasteiger partial charge in [0.05, 0.1) is 10.5 Å². The van der Waals surface area contributed by atoms with Crippen LogP contribution in [0, 0.1) is 0 Å². The molecule has 0 aromatic carbocycles. The Morgan fingerprint density at radius 3 is 2.95 bits per heavy atom. The molecule has 0 aliphatic rings. The monoisotopic (exact) mass is 320 g/mol. The van der Waals surface area contributed by atoms with Gasteiger partial charge < -0.3 is 19.9 Å². The van der Waals surface area contributed by atoms with Gasteiger partial charge in [-0.2, -0.15) is 0 Å². The lowest BCUT2D eigenvalue weighted by atomic mass is 10.4. The van der Waals surface area contributed by atoms with Crippen LogP contribution in [0.2, 0.25) is 0 Å². The first-order valence-corrected chi connectivity index (χ1v) is 8.88. The second-order valence-corrected chi connectivity index (χ2v) is 7.68. The second kappa shape index (κ2) is 5.68. The van der Waals surface area contributed by atoms with Crippen LogP contribution in [0.15, 0.2) is 21.0 Å². The number of nitrogen functional groups attached to an aromatic ring is 1. The van der Waals surface area contributed by atoms with E-state index in [0.717, 1.165) is 16.4 Å². The summed E-state index contributed by atoms with van der Waals surface area (Å²) in [4.78, 5) is 22.7. The Bertz CT molecular complexity index is 619. The number of hydrogen-bond donors (Lipinski definition) is 3. The predicted octanol–water partition coefficient (Wildman–Crippen LogP) is 2.29. The molecular weight excluding hydrogens is 307 g/mol. The fourth-order valence-electron chi connectivity index (χ4n) is 1.47. The zero-order chi connectivity index (χ0) is 14.0. The second-order valence-electron chi connectivity index (χ2n) is 3.72. The van der Waals surface area contributed by atoms with Crippen LogP contribution in [-0.2, 0) is 4.57 Å². The molecule has 0 spiro atoms. The first-order chi connectivity index (χ1) is 8.93. The molecule has 0 aliphatic carbocycles. The van der Waals surface area contributed by atoms with E-state index in [0.29, 0.717) is 10.8 Å². The highest BCUT2D eigenvalue weighted by molar-refractivity contribution is 8.01. The lowest BCUT2D eigenvalue weighted by Gasteiger charge is -2.04. The molecule has 0 unspecified atom stereocenters. The van der Waals surface area contributed by atoms with E-state index in [9.17, 15) is 14.4 Å². The summed E-state index contributed by atoms with van der Waals surface area (Å²) >= 11 is 2.84. The third-order valence-electron chi connectivity index (χ3n) is 2.22. The summed E-state index contributed by atoms with van der Waals surface area (Å²) in [7, 11) is -4.39. The molecule has 2 aromatic rings. The van der Waals surface area contributed by atoms with E-state index < -0.39 is 7.60 Å². The summed E-state index contributed by atoms with van der Waals surface area (Å²) < 4.78 is 17.4. The summed E-state index contributed by atoms with van der Waals surface area (Å²) in [6, 6.07) is 1.26. The molecule has 0 aliphatic heterocycles. The van der Waals surface area contributed by atoms with Gasteiger partial charge in [-0.1, -0.05) is 18.3 Å². The molecule has 0 fully saturated rings. The van der Waals surface area contributed by atoms with Crippen LogP contribution in [0.3, 0.4) is 0 Å². The van der Waals surface area contributed by atoms with E-state index in [-0.39, 0.29) is 11.1 Å². The van der Waals surface area contributed by atoms with Crippen LogP contribution < -0.4 is 11.0 Å². The van der Waals surface area contributed by atoms with Crippen LogP contribution in [0.1, 0.15) is 13.3 Å². The summed E-state index contributed by atoms with van der Waals surface area (Å²) in [5, 5.41) is 0.192. The summed E-state index contributed by atoms with van der Waals surface area (Å²) in [5.41, 5.74) is 6.08. The van der Waals surface area contributed by atoms with Crippen LogP contribution >= 0.6 is 30.7 Å². The predicted molar refractivity (Wildman–Crippen MR) is 76.9 cm³/mol. The van der Waals surface area contributed by atoms with Crippen molar-refractivity contribution < 1.29 is 18.8 Å². The summed E-state index contributed by atoms with van der Waals surface area (Å²) in [6.45, 7) is 2.05. The van der Waals surface area contributed by atoms with Crippen molar-refractivity contribution in [3.63, 3.8) is 0 Å². The van der Waals surface area contributed by atoms with E-state index in [1.165, 1.54) is 23.7 Å². The molecule has 0 bridgehead atoms. The minimum Gasteiger partial charge on any atom is -0.462 e. The number of furan rings is 1. The number of hydrogen-bond acceptors (Lipinski definition) is 6. The van der Waals surface area contributed by atoms with E-state index in [2.05, 4.69) is 4.98 Å². The van der Waals surface area contributed by atoms with Gasteiger partial charge in [0, 0.05) is 0 Å². The molecule has 9 heteroatoms. The van der Waals surface area contributed by atoms with Gasteiger partial charge in [-0.05, 0) is 18.2 Å². The van der Waals surface area contributed by atoms with Gasteiger partial charge in [0.2, 0.25) is 0 Å². The SMILES string of the molecule is CCCSc1sc(N)nc1-c1occc1P(=O)(O)O. The van der Waals surface area contributed by atoms with Crippen molar-refractivity contribution in [1.82, 2.24) is 4.98 Å². The minimum absolute atomic E-state index is 0.0971. The van der Waals surface area contributed by atoms with Gasteiger partial charge >= 0.3 is 7.60 Å². The molecule has 6 nitrogen and oxygen atoms in total. The third kappa shape index (κ3) is 3.21. The number of thioether (sulfide) groups is 1. The van der Waals surface area contributed by atoms with Crippen LogP contribution in [-0.4, -0.2) is 20.5 Å². The van der Waals surface area contributed by atoms with Crippen molar-refractivity contribution in [3.05, 3.63) is 12.3 Å². The molecule has 104 valence electrons. The van der Waals surface area contributed by atoms with Crippen LogP contribution in [0.5, 0.6) is 0 Å². The zero-order valence-corrected chi connectivity index (χ0v) is 12.6. The average molecular weight is 320 g/mol. The Morgan fingerprint density at radius 1 is 1.58 bits per heavy atom. The maximum absolute atomic E-state index is 11.4. The van der Waals surface area contributed by atoms with Gasteiger partial charge in [0.15, 0.2) is 10.9 Å². The first kappa shape index (κ1) is 14.6. The number of rotatable bonds is 5. The summed E-state index contributed by atoms with van der Waals surface area (Å²) in [6.07, 6.45) is 2.22. The van der Waals surface area contributed by atoms with Crippen molar-refractivity contribution in [3.8, 4) is 11.5 Å². The molecule has 0 saturated heterocycles. The van der Waals surface area contributed by atoms with E-state index >= 15 is 0 Å². The maximum Gasteiger partial charge on any atom is 0.360 e. The molecule has 4 N–H and O–H groups in total. The minimum atomic E-state index is -4.39. The molecule has 2 heterocycles. The topological polar surface area (TPSA) is 110 Å². The van der Waals surface area contributed by atoms with Gasteiger partial charge in [-0.25, -0.2) is 4.98 Å². The fraction of sp³-hybridized carbons (Fsp3) is 0.300. The molecule has 0 radical (unpaired) electrons. The highest BCUT2D eigenvalue weighted by Gasteiger charge is 2.28. The molecule has 19 heavy (non-hydrogen) atoms. The van der Waals surface area contributed by atoms with Crippen LogP contribution in [0.25, 0.3) is 11.5 Å². The van der Waals surface area contributed by atoms with Crippen molar-refractivity contribution in [1.29, 1.82) is 0 Å². The molecule has 0 saturated carbocycles. The number of nitrogens with zero attached hydrogens (tertiary/aromatic N) is 1. The first-order valence-electron chi connectivity index (χ1n) is 5.46. The molecule has 0 atom stereocenters. The molecular formula is C10H13N2O4PS2. The zero-order valence-electron chi connectivity index (χ0n) is 10.1. The summed E-state index contributed by atoms with van der Waals surface area (Å²) in [5.74, 6) is 0.973. The largest absolute Gasteiger partial charge is 0.462 e. The Labute approximate surface area is 118 Å². The van der Waals surface area contributed by atoms with E-state index in [1.807, 2.05) is 6.92 Å². The van der Waals surface area contributed by atoms with Gasteiger partial charge in [-0.3, -0.25) is 4.57 Å². The average Bonchev–Trinajstić information content (AvgIpc) is 2.91. The normalized spacial score (nSPS) is 11.9. The lowest BCUT2D eigenvalue weighted by Crippen LogP contribution is -2.04. The highest BCUT2D eigenvalue weighted by atomic mass is 32.2. The van der Waals surface area contributed by atoms with Crippen molar-refractivity contribution in [2.24, 2.45) is 0 Å². The quantitative estimate of drug-likeness (QED) is 0.572. The third-order valence-corrected chi connectivity index (χ3v) is 5.55. The number of thiazole rings is 1. The Kier molecular flexibility index (Phi) is 4.37. The standard InChI is InChI=1S/C10H13N2O4PS2/c1-2-5-18-9-7(12-10(11)19-9)8-6(3-4-16-8)17(13,14)15/h3-4H,2,5H2,1H3,(H2,11,12)(H2,13,14,15). The van der Waals surface area contributed by atoms with Crippen LogP contribution in [0.4, 0.5) is 5.13 Å². The number of aromatic nitrogens is 1. The van der Waals surface area contributed by atoms with E-state index in [1.54, 1.807) is 11.8 Å². The van der Waals surface area contributed by atoms with Crippen molar-refractivity contribution in [2.45, 2.75) is 17.6 Å². The van der Waals surface area contributed by atoms with Gasteiger partial charge in [-0.15, -0.1) is 11.8 Å². The maximum atomic E-state index is 11.4. The molecule has 2 aromatic heterocycles. The van der Waals surface area contributed by atoms with Gasteiger partial charge in [0.25, 0.3) is 0 Å². The van der Waals surface area contributed by atoms with Gasteiger partial charge in [0.1, 0.15) is 11.0 Å². The highest BCUT2D eigenvalue weighted by Crippen LogP contribution is 2.42. The smallest absolute Gasteiger partial charge is 0.360 e. The molecule has 0 amide bonds. The molecule has 2 rings (SSSR count). The Morgan fingerprint density at radius 2 is 2.32 bits per heavy atom. The van der Waals surface area contributed by atoms with E-state index in [4.69, 9.17) is 10.2 Å². The Balaban J connectivity index is 2.47. The number of nitrogens with two attached hydrogens (primary N) is 1.